The number of nitrogens with one attached hydrogen (secondary N) is 1. The fourth-order valence-electron chi connectivity index (χ4n) is 3.09. The minimum absolute atomic E-state index is 0.0471. The van der Waals surface area contributed by atoms with Crippen LogP contribution in [0.25, 0.3) is 0 Å². The van der Waals surface area contributed by atoms with E-state index in [0.29, 0.717) is 34.2 Å². The lowest BCUT2D eigenvalue weighted by Crippen LogP contribution is -2.35. The Morgan fingerprint density at radius 2 is 1.70 bits per heavy atom. The maximum Gasteiger partial charge on any atom is 0.255 e. The highest BCUT2D eigenvalue weighted by atomic mass is 35.5. The lowest BCUT2D eigenvalue weighted by molar-refractivity contribution is 0.0724. The smallest absolute Gasteiger partial charge is 0.255 e. The molecule has 2 aromatic rings. The Morgan fingerprint density at radius 3 is 2.33 bits per heavy atom. The first-order valence-electron chi connectivity index (χ1n) is 9.21. The minimum Gasteiger partial charge on any atom is -0.492 e. The van der Waals surface area contributed by atoms with Gasteiger partial charge in [-0.05, 0) is 68.7 Å². The van der Waals surface area contributed by atoms with Crippen molar-refractivity contribution in [1.29, 1.82) is 0 Å². The van der Waals surface area contributed by atoms with E-state index in [2.05, 4.69) is 5.32 Å². The zero-order valence-electron chi connectivity index (χ0n) is 15.3. The molecule has 0 saturated carbocycles. The Kier molecular flexibility index (Phi) is 6.35. The van der Waals surface area contributed by atoms with Gasteiger partial charge >= 0.3 is 0 Å². The van der Waals surface area contributed by atoms with E-state index in [1.54, 1.807) is 42.5 Å². The van der Waals surface area contributed by atoms with E-state index in [0.717, 1.165) is 25.9 Å². The van der Waals surface area contributed by atoms with E-state index in [-0.39, 0.29) is 11.8 Å². The number of likely N-dealkylation sites (tertiary alicyclic amines) is 1. The number of ether oxygens (including phenoxy) is 1. The normalized spacial score (nSPS) is 13.9. The number of nitrogens with zero attached hydrogens (tertiary/aromatic N) is 1. The highest BCUT2D eigenvalue weighted by Gasteiger charge is 2.18. The molecule has 2 aromatic carbocycles. The van der Waals surface area contributed by atoms with Crippen molar-refractivity contribution in [3.63, 3.8) is 0 Å². The van der Waals surface area contributed by atoms with Crippen molar-refractivity contribution in [3.8, 4) is 5.75 Å². The van der Waals surface area contributed by atoms with E-state index in [9.17, 15) is 9.59 Å². The fraction of sp³-hybridized carbons (Fsp3) is 0.333. The highest BCUT2D eigenvalue weighted by molar-refractivity contribution is 6.32. The molecular formula is C21H23ClN2O3. The van der Waals surface area contributed by atoms with E-state index in [4.69, 9.17) is 16.3 Å². The second kappa shape index (κ2) is 8.91. The third kappa shape index (κ3) is 4.80. The molecule has 0 atom stereocenters. The molecular weight excluding hydrogens is 364 g/mol. The predicted octanol–water partition coefficient (Wildman–Crippen LogP) is 4.62. The first-order chi connectivity index (χ1) is 13.1. The Labute approximate surface area is 164 Å². The number of carbonyl (C=O) groups is 2. The van der Waals surface area contributed by atoms with Crippen LogP contribution < -0.4 is 10.1 Å². The van der Waals surface area contributed by atoms with Crippen LogP contribution in [0.1, 0.15) is 46.9 Å². The Hall–Kier alpha value is -2.53. The summed E-state index contributed by atoms with van der Waals surface area (Å²) in [7, 11) is 0. The van der Waals surface area contributed by atoms with Crippen LogP contribution in [-0.4, -0.2) is 36.4 Å². The molecule has 0 bridgehead atoms. The summed E-state index contributed by atoms with van der Waals surface area (Å²) < 4.78 is 5.38. The Bertz CT molecular complexity index is 815. The maximum absolute atomic E-state index is 12.5. The zero-order valence-corrected chi connectivity index (χ0v) is 16.1. The molecule has 1 aliphatic rings. The lowest BCUT2D eigenvalue weighted by atomic mass is 10.1. The monoisotopic (exact) mass is 386 g/mol. The van der Waals surface area contributed by atoms with Crippen molar-refractivity contribution in [2.45, 2.75) is 26.2 Å². The van der Waals surface area contributed by atoms with Gasteiger partial charge in [-0.3, -0.25) is 9.59 Å². The van der Waals surface area contributed by atoms with Gasteiger partial charge in [-0.2, -0.15) is 0 Å². The molecule has 2 amide bonds. The molecule has 5 nitrogen and oxygen atoms in total. The fourth-order valence-corrected chi connectivity index (χ4v) is 3.33. The minimum atomic E-state index is -0.268. The second-order valence-electron chi connectivity index (χ2n) is 6.46. The van der Waals surface area contributed by atoms with Gasteiger partial charge in [-0.1, -0.05) is 11.6 Å². The third-order valence-corrected chi connectivity index (χ3v) is 4.82. The van der Waals surface area contributed by atoms with Crippen molar-refractivity contribution in [3.05, 3.63) is 58.6 Å². The number of rotatable bonds is 5. The molecule has 0 aliphatic carbocycles. The first-order valence-corrected chi connectivity index (χ1v) is 9.59. The van der Waals surface area contributed by atoms with Crippen LogP contribution in [0.15, 0.2) is 42.5 Å². The van der Waals surface area contributed by atoms with Gasteiger partial charge in [0.1, 0.15) is 5.75 Å². The second-order valence-corrected chi connectivity index (χ2v) is 6.87. The van der Waals surface area contributed by atoms with Crippen molar-refractivity contribution in [2.24, 2.45) is 0 Å². The quantitative estimate of drug-likeness (QED) is 0.815. The SMILES string of the molecule is CCOc1ccc(C(=O)Nc2ccc(C(=O)N3CCCCC3)cc2)cc1Cl. The van der Waals surface area contributed by atoms with Crippen molar-refractivity contribution in [2.75, 3.05) is 25.0 Å². The van der Waals surface area contributed by atoms with E-state index in [1.807, 2.05) is 11.8 Å². The molecule has 142 valence electrons. The summed E-state index contributed by atoms with van der Waals surface area (Å²) in [6.45, 7) is 4.01. The van der Waals surface area contributed by atoms with Gasteiger partial charge in [0.15, 0.2) is 0 Å². The van der Waals surface area contributed by atoms with Gasteiger partial charge in [0.05, 0.1) is 11.6 Å². The van der Waals surface area contributed by atoms with Crippen LogP contribution in [0.4, 0.5) is 5.69 Å². The summed E-state index contributed by atoms with van der Waals surface area (Å²) in [5.74, 6) is 0.331. The van der Waals surface area contributed by atoms with Crippen LogP contribution in [0.5, 0.6) is 5.75 Å². The number of halogens is 1. The summed E-state index contributed by atoms with van der Waals surface area (Å²) in [5, 5.41) is 3.21. The highest BCUT2D eigenvalue weighted by Crippen LogP contribution is 2.26. The average molecular weight is 387 g/mol. The first kappa shape index (κ1) is 19.2. The maximum atomic E-state index is 12.5. The number of anilines is 1. The summed E-state index contributed by atoms with van der Waals surface area (Å²) in [5.41, 5.74) is 1.70. The van der Waals surface area contributed by atoms with Crippen molar-refractivity contribution < 1.29 is 14.3 Å². The molecule has 1 heterocycles. The topological polar surface area (TPSA) is 58.6 Å². The van der Waals surface area contributed by atoms with Crippen molar-refractivity contribution >= 4 is 29.1 Å². The molecule has 3 rings (SSSR count). The van der Waals surface area contributed by atoms with E-state index in [1.165, 1.54) is 6.42 Å². The number of amides is 2. The standard InChI is InChI=1S/C21H23ClN2O3/c1-2-27-19-11-8-16(14-18(19)22)20(25)23-17-9-6-15(7-10-17)21(26)24-12-4-3-5-13-24/h6-11,14H,2-5,12-13H2,1H3,(H,23,25). The average Bonchev–Trinajstić information content (AvgIpc) is 2.70. The van der Waals surface area contributed by atoms with Gasteiger partial charge < -0.3 is 15.0 Å². The molecule has 1 saturated heterocycles. The zero-order chi connectivity index (χ0) is 19.2. The Morgan fingerprint density at radius 1 is 1.04 bits per heavy atom. The molecule has 6 heteroatoms. The van der Waals surface area contributed by atoms with Crippen LogP contribution in [-0.2, 0) is 0 Å². The van der Waals surface area contributed by atoms with Gasteiger partial charge in [-0.25, -0.2) is 0 Å². The van der Waals surface area contributed by atoms with E-state index >= 15 is 0 Å². The molecule has 1 N–H and O–H groups in total. The molecule has 0 radical (unpaired) electrons. The lowest BCUT2D eigenvalue weighted by Gasteiger charge is -2.26. The number of hydrogen-bond acceptors (Lipinski definition) is 3. The van der Waals surface area contributed by atoms with Crippen molar-refractivity contribution in [1.82, 2.24) is 4.90 Å². The van der Waals surface area contributed by atoms with E-state index < -0.39 is 0 Å². The summed E-state index contributed by atoms with van der Waals surface area (Å²) in [4.78, 5) is 26.8. The van der Waals surface area contributed by atoms with Gasteiger partial charge in [0, 0.05) is 29.9 Å². The number of hydrogen-bond donors (Lipinski definition) is 1. The molecule has 1 fully saturated rings. The number of piperidine rings is 1. The van der Waals surface area contributed by atoms with Crippen LogP contribution in [0.3, 0.4) is 0 Å². The molecule has 1 aliphatic heterocycles. The predicted molar refractivity (Wildman–Crippen MR) is 107 cm³/mol. The molecule has 0 aromatic heterocycles. The largest absolute Gasteiger partial charge is 0.492 e. The molecule has 0 unspecified atom stereocenters. The third-order valence-electron chi connectivity index (χ3n) is 4.53. The summed E-state index contributed by atoms with van der Waals surface area (Å²) in [6, 6.07) is 11.9. The van der Waals surface area contributed by atoms with Gasteiger partial charge in [0.25, 0.3) is 11.8 Å². The summed E-state index contributed by atoms with van der Waals surface area (Å²) >= 11 is 6.14. The summed E-state index contributed by atoms with van der Waals surface area (Å²) in [6.07, 6.45) is 3.30. The van der Waals surface area contributed by atoms with Gasteiger partial charge in [-0.15, -0.1) is 0 Å². The van der Waals surface area contributed by atoms with Crippen LogP contribution in [0, 0.1) is 0 Å². The molecule has 0 spiro atoms. The Balaban J connectivity index is 1.64. The number of carbonyl (C=O) groups excluding carboxylic acids is 2. The van der Waals surface area contributed by atoms with Crippen LogP contribution >= 0.6 is 11.6 Å². The van der Waals surface area contributed by atoms with Gasteiger partial charge in [0.2, 0.25) is 0 Å². The molecule has 27 heavy (non-hydrogen) atoms. The number of benzene rings is 2. The van der Waals surface area contributed by atoms with Crippen LogP contribution in [0.2, 0.25) is 5.02 Å².